The van der Waals surface area contributed by atoms with E-state index in [2.05, 4.69) is 24.1 Å². The highest BCUT2D eigenvalue weighted by atomic mass is 32.1. The van der Waals surface area contributed by atoms with E-state index < -0.39 is 0 Å². The van der Waals surface area contributed by atoms with Gasteiger partial charge in [-0.2, -0.15) is 0 Å². The lowest BCUT2D eigenvalue weighted by Crippen LogP contribution is -2.02. The molecule has 0 aliphatic heterocycles. The van der Waals surface area contributed by atoms with Crippen molar-refractivity contribution in [3.63, 3.8) is 0 Å². The summed E-state index contributed by atoms with van der Waals surface area (Å²) >= 11 is 1.74. The predicted octanol–water partition coefficient (Wildman–Crippen LogP) is 2.27. The molecule has 0 radical (unpaired) electrons. The van der Waals surface area contributed by atoms with Crippen LogP contribution in [0.2, 0.25) is 0 Å². The summed E-state index contributed by atoms with van der Waals surface area (Å²) in [5.74, 6) is 0.846. The Labute approximate surface area is 70.7 Å². The van der Waals surface area contributed by atoms with Crippen molar-refractivity contribution in [1.29, 1.82) is 0 Å². The summed E-state index contributed by atoms with van der Waals surface area (Å²) in [6.07, 6.45) is 3.22. The lowest BCUT2D eigenvalue weighted by molar-refractivity contribution is 0.927. The van der Waals surface area contributed by atoms with Gasteiger partial charge in [-0.15, -0.1) is 11.3 Å². The molecule has 1 aliphatic carbocycles. The fourth-order valence-corrected chi connectivity index (χ4v) is 1.83. The van der Waals surface area contributed by atoms with Gasteiger partial charge in [0.15, 0.2) is 5.13 Å². The second-order valence-corrected chi connectivity index (χ2v) is 4.47. The number of nitrogens with zero attached hydrogens (tertiary/aromatic N) is 1. The first-order valence-corrected chi connectivity index (χ1v) is 4.76. The summed E-state index contributed by atoms with van der Waals surface area (Å²) in [6, 6.07) is 0.695. The Morgan fingerprint density at radius 2 is 2.45 bits per heavy atom. The molecule has 1 aromatic rings. The number of rotatable bonds is 2. The number of hydrogen-bond donors (Lipinski definition) is 1. The zero-order valence-corrected chi connectivity index (χ0v) is 7.61. The van der Waals surface area contributed by atoms with Crippen LogP contribution in [-0.2, 0) is 0 Å². The fraction of sp³-hybridized carbons (Fsp3) is 0.625. The van der Waals surface area contributed by atoms with Crippen LogP contribution in [0.5, 0.6) is 0 Å². The van der Waals surface area contributed by atoms with Gasteiger partial charge in [0.25, 0.3) is 0 Å². The molecule has 1 fully saturated rings. The molecule has 2 atom stereocenters. The summed E-state index contributed by atoms with van der Waals surface area (Å²) in [5, 5.41) is 4.47. The highest BCUT2D eigenvalue weighted by Gasteiger charge is 2.32. The summed E-state index contributed by atoms with van der Waals surface area (Å²) in [6.45, 7) is 4.34. The Morgan fingerprint density at radius 1 is 1.73 bits per heavy atom. The predicted molar refractivity (Wildman–Crippen MR) is 48.0 cm³/mol. The molecule has 0 bridgehead atoms. The number of aryl methyl sites for hydroxylation is 1. The van der Waals surface area contributed by atoms with Crippen molar-refractivity contribution < 1.29 is 0 Å². The minimum atomic E-state index is 0.695. The lowest BCUT2D eigenvalue weighted by Gasteiger charge is -1.96. The van der Waals surface area contributed by atoms with Crippen LogP contribution in [0.25, 0.3) is 0 Å². The van der Waals surface area contributed by atoms with Crippen LogP contribution < -0.4 is 5.32 Å². The van der Waals surface area contributed by atoms with Crippen LogP contribution in [0.3, 0.4) is 0 Å². The van der Waals surface area contributed by atoms with E-state index in [4.69, 9.17) is 0 Å². The van der Waals surface area contributed by atoms with E-state index in [0.29, 0.717) is 6.04 Å². The average Bonchev–Trinajstić information content (AvgIpc) is 2.42. The van der Waals surface area contributed by atoms with Crippen LogP contribution in [0.4, 0.5) is 5.13 Å². The quantitative estimate of drug-likeness (QED) is 0.732. The summed E-state index contributed by atoms with van der Waals surface area (Å²) in [4.78, 5) is 5.52. The van der Waals surface area contributed by atoms with Gasteiger partial charge in [0.1, 0.15) is 0 Å². The van der Waals surface area contributed by atoms with E-state index >= 15 is 0 Å². The van der Waals surface area contributed by atoms with Crippen molar-refractivity contribution in [2.75, 3.05) is 5.32 Å². The topological polar surface area (TPSA) is 24.9 Å². The maximum Gasteiger partial charge on any atom is 0.183 e. The number of nitrogens with one attached hydrogen (secondary N) is 1. The van der Waals surface area contributed by atoms with Crippen LogP contribution in [0.15, 0.2) is 6.20 Å². The Morgan fingerprint density at radius 3 is 2.91 bits per heavy atom. The summed E-state index contributed by atoms with van der Waals surface area (Å²) in [5.41, 5.74) is 0. The molecule has 0 amide bonds. The van der Waals surface area contributed by atoms with Crippen molar-refractivity contribution in [3.8, 4) is 0 Å². The average molecular weight is 168 g/mol. The van der Waals surface area contributed by atoms with Gasteiger partial charge in [0.05, 0.1) is 0 Å². The molecule has 2 unspecified atom stereocenters. The molecule has 0 aromatic carbocycles. The molecule has 1 N–H and O–H groups in total. The minimum absolute atomic E-state index is 0.695. The highest BCUT2D eigenvalue weighted by molar-refractivity contribution is 7.15. The van der Waals surface area contributed by atoms with Crippen LogP contribution in [0, 0.1) is 12.8 Å². The lowest BCUT2D eigenvalue weighted by atomic mass is 10.5. The van der Waals surface area contributed by atoms with Gasteiger partial charge in [0.2, 0.25) is 0 Å². The smallest absolute Gasteiger partial charge is 0.183 e. The van der Waals surface area contributed by atoms with Crippen LogP contribution in [0.1, 0.15) is 18.2 Å². The Bertz CT molecular complexity index is 256. The van der Waals surface area contributed by atoms with Gasteiger partial charge in [-0.3, -0.25) is 0 Å². The van der Waals surface area contributed by atoms with E-state index in [1.54, 1.807) is 11.3 Å². The van der Waals surface area contributed by atoms with E-state index in [9.17, 15) is 0 Å². The number of hydrogen-bond acceptors (Lipinski definition) is 3. The molecule has 2 nitrogen and oxygen atoms in total. The highest BCUT2D eigenvalue weighted by Crippen LogP contribution is 2.33. The second-order valence-electron chi connectivity index (χ2n) is 3.24. The third kappa shape index (κ3) is 1.53. The Kier molecular flexibility index (Phi) is 1.60. The van der Waals surface area contributed by atoms with Gasteiger partial charge in [0, 0.05) is 17.1 Å². The van der Waals surface area contributed by atoms with Gasteiger partial charge in [-0.05, 0) is 19.3 Å². The van der Waals surface area contributed by atoms with Crippen molar-refractivity contribution >= 4 is 16.5 Å². The maximum atomic E-state index is 4.24. The van der Waals surface area contributed by atoms with Gasteiger partial charge < -0.3 is 5.32 Å². The first kappa shape index (κ1) is 7.10. The minimum Gasteiger partial charge on any atom is -0.359 e. The SMILES string of the molecule is Cc1cnc(NC2CC2C)s1. The third-order valence-electron chi connectivity index (χ3n) is 2.04. The first-order chi connectivity index (χ1) is 5.25. The second kappa shape index (κ2) is 2.48. The third-order valence-corrected chi connectivity index (χ3v) is 2.88. The van der Waals surface area contributed by atoms with E-state index in [-0.39, 0.29) is 0 Å². The molecule has 0 saturated heterocycles. The fourth-order valence-electron chi connectivity index (χ4n) is 1.10. The molecule has 1 heterocycles. The molecular weight excluding hydrogens is 156 g/mol. The van der Waals surface area contributed by atoms with Gasteiger partial charge >= 0.3 is 0 Å². The Hall–Kier alpha value is -0.570. The van der Waals surface area contributed by atoms with Crippen molar-refractivity contribution in [2.24, 2.45) is 5.92 Å². The molecule has 0 spiro atoms. The molecule has 60 valence electrons. The largest absolute Gasteiger partial charge is 0.359 e. The molecule has 11 heavy (non-hydrogen) atoms. The van der Waals surface area contributed by atoms with Crippen molar-refractivity contribution in [2.45, 2.75) is 26.3 Å². The summed E-state index contributed by atoms with van der Waals surface area (Å²) < 4.78 is 0. The molecule has 1 saturated carbocycles. The standard InChI is InChI=1S/C8H12N2S/c1-5-3-7(5)10-8-9-4-6(2)11-8/h4-5,7H,3H2,1-2H3,(H,9,10). The number of thiazole rings is 1. The molecule has 1 aliphatic rings. The first-order valence-electron chi connectivity index (χ1n) is 3.94. The zero-order valence-electron chi connectivity index (χ0n) is 6.79. The van der Waals surface area contributed by atoms with E-state index in [1.165, 1.54) is 11.3 Å². The number of aromatic nitrogens is 1. The zero-order chi connectivity index (χ0) is 7.84. The van der Waals surface area contributed by atoms with Gasteiger partial charge in [-0.1, -0.05) is 6.92 Å². The van der Waals surface area contributed by atoms with Crippen molar-refractivity contribution in [1.82, 2.24) is 4.98 Å². The monoisotopic (exact) mass is 168 g/mol. The van der Waals surface area contributed by atoms with E-state index in [0.717, 1.165) is 11.0 Å². The molecule has 3 heteroatoms. The number of anilines is 1. The van der Waals surface area contributed by atoms with Gasteiger partial charge in [-0.25, -0.2) is 4.98 Å². The Balaban J connectivity index is 1.96. The van der Waals surface area contributed by atoms with Crippen LogP contribution >= 0.6 is 11.3 Å². The summed E-state index contributed by atoms with van der Waals surface area (Å²) in [7, 11) is 0. The normalized spacial score (nSPS) is 28.5. The van der Waals surface area contributed by atoms with E-state index in [1.807, 2.05) is 6.20 Å². The molecule has 2 rings (SSSR count). The van der Waals surface area contributed by atoms with Crippen LogP contribution in [-0.4, -0.2) is 11.0 Å². The van der Waals surface area contributed by atoms with Crippen molar-refractivity contribution in [3.05, 3.63) is 11.1 Å². The maximum absolute atomic E-state index is 4.24. The molecular formula is C8H12N2S. The molecule has 1 aromatic heterocycles.